The van der Waals surface area contributed by atoms with Crippen LogP contribution >= 0.6 is 11.6 Å². The third-order valence-electron chi connectivity index (χ3n) is 8.14. The largest absolute Gasteiger partial charge is 1.00 e. The van der Waals surface area contributed by atoms with Crippen molar-refractivity contribution in [1.82, 2.24) is 4.98 Å². The van der Waals surface area contributed by atoms with E-state index in [9.17, 15) is 4.79 Å². The zero-order valence-electron chi connectivity index (χ0n) is 26.5. The second-order valence-corrected chi connectivity index (χ2v) is 12.1. The molecule has 4 rings (SSSR count). The molecular formula is C37H49BrClN3O2. The summed E-state index contributed by atoms with van der Waals surface area (Å²) in [6.45, 7) is 5.00. The first-order chi connectivity index (χ1) is 21.0. The van der Waals surface area contributed by atoms with Crippen LogP contribution in [0.5, 0.6) is 5.75 Å². The first-order valence-electron chi connectivity index (χ1n) is 16.3. The molecule has 44 heavy (non-hydrogen) atoms. The fourth-order valence-electron chi connectivity index (χ4n) is 5.66. The summed E-state index contributed by atoms with van der Waals surface area (Å²) >= 11 is 6.61. The van der Waals surface area contributed by atoms with Gasteiger partial charge in [0.15, 0.2) is 5.52 Å². The minimum Gasteiger partial charge on any atom is -1.00 e. The van der Waals surface area contributed by atoms with Crippen molar-refractivity contribution < 1.29 is 30.9 Å². The van der Waals surface area contributed by atoms with Gasteiger partial charge in [0.05, 0.1) is 30.8 Å². The summed E-state index contributed by atoms with van der Waals surface area (Å²) in [5, 5.41) is 0.587. The van der Waals surface area contributed by atoms with Crippen LogP contribution in [0.15, 0.2) is 73.1 Å². The highest BCUT2D eigenvalue weighted by Crippen LogP contribution is 2.28. The molecule has 0 aliphatic heterocycles. The number of nitrogens with one attached hydrogen (secondary N) is 1. The maximum absolute atomic E-state index is 12.7. The normalized spacial score (nSPS) is 11.0. The number of carbonyl (C=O) groups excluding carboxylic acids is 1. The molecule has 0 unspecified atom stereocenters. The monoisotopic (exact) mass is 681 g/mol. The number of unbranched alkanes of at least 4 members (excludes halogenated alkanes) is 11. The smallest absolute Gasteiger partial charge is 0.263 e. The predicted octanol–water partition coefficient (Wildman–Crippen LogP) is 6.63. The lowest BCUT2D eigenvalue weighted by Gasteiger charge is -2.22. The van der Waals surface area contributed by atoms with Crippen LogP contribution in [0.3, 0.4) is 0 Å². The molecule has 2 heterocycles. The first kappa shape index (κ1) is 35.6. The van der Waals surface area contributed by atoms with E-state index < -0.39 is 0 Å². The summed E-state index contributed by atoms with van der Waals surface area (Å²) in [5.74, 6) is 1.79. The minimum atomic E-state index is -0.0136. The molecule has 0 aliphatic rings. The van der Waals surface area contributed by atoms with Crippen LogP contribution in [-0.4, -0.2) is 17.5 Å². The van der Waals surface area contributed by atoms with E-state index >= 15 is 0 Å². The molecule has 0 atom stereocenters. The van der Waals surface area contributed by atoms with Crippen molar-refractivity contribution in [3.05, 3.63) is 95.0 Å². The standard InChI is InChI=1S/C37H48ClN3O2.BrH/c1-3-4-5-6-7-8-9-10-11-12-13-16-24-43-36-22-21-32(26-35(36)38)29-41(30(2)42)33-20-17-18-31(25-33)27-37-39-28-34-19-14-15-23-40(34)37;/h14-15,17-23,25-26,28H,3-13,16,24,27,29H2,1-2H3;1H. The number of carbonyl (C=O) groups is 1. The zero-order chi connectivity index (χ0) is 30.3. The van der Waals surface area contributed by atoms with Crippen LogP contribution in [0.1, 0.15) is 108 Å². The predicted molar refractivity (Wildman–Crippen MR) is 178 cm³/mol. The average Bonchev–Trinajstić information content (AvgIpc) is 3.41. The molecule has 7 heteroatoms. The van der Waals surface area contributed by atoms with Gasteiger partial charge in [-0.3, -0.25) is 4.79 Å². The van der Waals surface area contributed by atoms with Gasteiger partial charge in [0.25, 0.3) is 5.82 Å². The molecule has 2 aromatic carbocycles. The van der Waals surface area contributed by atoms with E-state index in [4.69, 9.17) is 16.3 Å². The second kappa shape index (κ2) is 19.5. The van der Waals surface area contributed by atoms with E-state index in [0.29, 0.717) is 23.9 Å². The van der Waals surface area contributed by atoms with Crippen molar-refractivity contribution in [3.63, 3.8) is 0 Å². The van der Waals surface area contributed by atoms with Gasteiger partial charge in [-0.1, -0.05) is 113 Å². The summed E-state index contributed by atoms with van der Waals surface area (Å²) in [6, 6.07) is 20.2. The maximum atomic E-state index is 12.7. The quantitative estimate of drug-likeness (QED) is 0.0892. The van der Waals surface area contributed by atoms with Gasteiger partial charge in [-0.05, 0) is 53.9 Å². The Hall–Kier alpha value is -2.83. The van der Waals surface area contributed by atoms with Gasteiger partial charge in [-0.15, -0.1) is 0 Å². The summed E-state index contributed by atoms with van der Waals surface area (Å²) < 4.78 is 8.15. The van der Waals surface area contributed by atoms with Crippen LogP contribution in [-0.2, 0) is 17.8 Å². The molecule has 1 amide bonds. The summed E-state index contributed by atoms with van der Waals surface area (Å²) in [5.41, 5.74) is 4.09. The van der Waals surface area contributed by atoms with Gasteiger partial charge in [0.1, 0.15) is 11.9 Å². The number of hydrogen-bond donors (Lipinski definition) is 1. The van der Waals surface area contributed by atoms with Crippen molar-refractivity contribution in [3.8, 4) is 5.75 Å². The molecule has 238 valence electrons. The Morgan fingerprint density at radius 2 is 1.55 bits per heavy atom. The number of aromatic amines is 1. The van der Waals surface area contributed by atoms with Crippen LogP contribution in [0.4, 0.5) is 5.69 Å². The number of halogens is 2. The van der Waals surface area contributed by atoms with Gasteiger partial charge in [-0.2, -0.15) is 4.40 Å². The molecule has 2 aromatic heterocycles. The lowest BCUT2D eigenvalue weighted by atomic mass is 10.1. The Kier molecular flexibility index (Phi) is 15.8. The molecule has 0 aliphatic carbocycles. The van der Waals surface area contributed by atoms with Crippen LogP contribution in [0, 0.1) is 0 Å². The van der Waals surface area contributed by atoms with E-state index in [-0.39, 0.29) is 22.9 Å². The fraction of sp³-hybridized carbons (Fsp3) is 0.459. The van der Waals surface area contributed by atoms with Crippen molar-refractivity contribution in [2.75, 3.05) is 11.5 Å². The SMILES string of the molecule is CCCCCCCCCCCCCCOc1ccc(CN(C(C)=O)c2cccc(Cc3[nH]cc4cccc[n+]34)c2)cc1Cl.[Br-]. The molecule has 0 spiro atoms. The number of anilines is 1. The number of imidazole rings is 1. The Labute approximate surface area is 279 Å². The van der Waals surface area contributed by atoms with E-state index in [1.807, 2.05) is 48.7 Å². The fourth-order valence-corrected chi connectivity index (χ4v) is 5.92. The molecule has 0 radical (unpaired) electrons. The Morgan fingerprint density at radius 3 is 2.23 bits per heavy atom. The van der Waals surface area contributed by atoms with E-state index in [0.717, 1.165) is 41.0 Å². The number of pyridine rings is 1. The van der Waals surface area contributed by atoms with Crippen molar-refractivity contribution in [2.45, 2.75) is 104 Å². The summed E-state index contributed by atoms with van der Waals surface area (Å²) in [7, 11) is 0. The second-order valence-electron chi connectivity index (χ2n) is 11.7. The van der Waals surface area contributed by atoms with Crippen molar-refractivity contribution >= 4 is 28.7 Å². The lowest BCUT2D eigenvalue weighted by molar-refractivity contribution is -0.520. The van der Waals surface area contributed by atoms with Gasteiger partial charge in [-0.25, -0.2) is 4.98 Å². The molecule has 5 nitrogen and oxygen atoms in total. The number of amides is 1. The topological polar surface area (TPSA) is 49.4 Å². The lowest BCUT2D eigenvalue weighted by Crippen LogP contribution is -3.00. The number of H-pyrrole nitrogens is 1. The third-order valence-corrected chi connectivity index (χ3v) is 8.43. The number of benzene rings is 2. The van der Waals surface area contributed by atoms with Gasteiger partial charge < -0.3 is 26.6 Å². The number of aromatic nitrogens is 2. The maximum Gasteiger partial charge on any atom is 0.263 e. The van der Waals surface area contributed by atoms with E-state index in [1.165, 1.54) is 70.6 Å². The molecular weight excluding hydrogens is 634 g/mol. The Balaban J connectivity index is 0.00000529. The van der Waals surface area contributed by atoms with Crippen molar-refractivity contribution in [1.29, 1.82) is 0 Å². The number of ether oxygens (including phenoxy) is 1. The highest BCUT2D eigenvalue weighted by atomic mass is 79.9. The third kappa shape index (κ3) is 11.3. The number of hydrogen-bond acceptors (Lipinski definition) is 2. The van der Waals surface area contributed by atoms with E-state index in [1.54, 1.807) is 11.8 Å². The molecule has 0 bridgehead atoms. The number of rotatable bonds is 19. The van der Waals surface area contributed by atoms with Crippen LogP contribution in [0.25, 0.3) is 5.52 Å². The highest BCUT2D eigenvalue weighted by molar-refractivity contribution is 6.32. The molecule has 0 fully saturated rings. The van der Waals surface area contributed by atoms with Crippen LogP contribution in [0.2, 0.25) is 5.02 Å². The summed E-state index contributed by atoms with van der Waals surface area (Å²) in [6.07, 6.45) is 20.7. The Bertz CT molecular complexity index is 1420. The van der Waals surface area contributed by atoms with E-state index in [2.05, 4.69) is 40.7 Å². The van der Waals surface area contributed by atoms with Gasteiger partial charge in [0.2, 0.25) is 5.91 Å². The van der Waals surface area contributed by atoms with Gasteiger partial charge in [0, 0.05) is 12.6 Å². The molecule has 4 aromatic rings. The average molecular weight is 683 g/mol. The Morgan fingerprint density at radius 1 is 0.841 bits per heavy atom. The summed E-state index contributed by atoms with van der Waals surface area (Å²) in [4.78, 5) is 17.9. The molecule has 0 saturated heterocycles. The van der Waals surface area contributed by atoms with Gasteiger partial charge >= 0.3 is 0 Å². The van der Waals surface area contributed by atoms with Crippen LogP contribution < -0.4 is 31.0 Å². The zero-order valence-corrected chi connectivity index (χ0v) is 28.8. The molecule has 0 saturated carbocycles. The molecule has 1 N–H and O–H groups in total. The van der Waals surface area contributed by atoms with Crippen molar-refractivity contribution in [2.24, 2.45) is 0 Å². The first-order valence-corrected chi connectivity index (χ1v) is 16.7. The minimum absolute atomic E-state index is 0. The number of nitrogens with zero attached hydrogens (tertiary/aromatic N) is 2. The number of fused-ring (bicyclic) bond motifs is 1. The highest BCUT2D eigenvalue weighted by Gasteiger charge is 2.16.